The molecule has 29 heavy (non-hydrogen) atoms. The molecule has 152 valence electrons. The quantitative estimate of drug-likeness (QED) is 0.677. The molecule has 0 aliphatic carbocycles. The largest absolute Gasteiger partial charge is 0.339 e. The van der Waals surface area contributed by atoms with Crippen molar-refractivity contribution in [1.82, 2.24) is 19.7 Å². The summed E-state index contributed by atoms with van der Waals surface area (Å²) in [6.45, 7) is 3.26. The van der Waals surface area contributed by atoms with Crippen LogP contribution in [0.5, 0.6) is 0 Å². The van der Waals surface area contributed by atoms with Gasteiger partial charge >= 0.3 is 0 Å². The molecule has 1 aromatic heterocycles. The van der Waals surface area contributed by atoms with E-state index in [4.69, 9.17) is 16.6 Å². The van der Waals surface area contributed by atoms with Gasteiger partial charge in [0, 0.05) is 55.0 Å². The maximum atomic E-state index is 12.4. The molecule has 0 atom stereocenters. The molecule has 2 fully saturated rings. The molecule has 1 aromatic carbocycles. The van der Waals surface area contributed by atoms with Gasteiger partial charge in [0.15, 0.2) is 0 Å². The van der Waals surface area contributed by atoms with Crippen molar-refractivity contribution < 1.29 is 14.4 Å². The average Bonchev–Trinajstić information content (AvgIpc) is 3.31. The zero-order valence-corrected chi connectivity index (χ0v) is 17.4. The molecule has 0 unspecified atom stereocenters. The van der Waals surface area contributed by atoms with E-state index < -0.39 is 0 Å². The van der Waals surface area contributed by atoms with Gasteiger partial charge in [-0.15, -0.1) is 11.3 Å². The predicted molar refractivity (Wildman–Crippen MR) is 110 cm³/mol. The van der Waals surface area contributed by atoms with Crippen LogP contribution in [-0.2, 0) is 20.9 Å². The monoisotopic (exact) mass is 432 g/mol. The molecule has 2 saturated heterocycles. The number of thiazole rings is 1. The highest BCUT2D eigenvalue weighted by Gasteiger charge is 2.32. The Hall–Kier alpha value is -2.29. The number of carbonyl (C=O) groups is 3. The zero-order chi connectivity index (χ0) is 20.4. The van der Waals surface area contributed by atoms with Crippen LogP contribution in [0.25, 0.3) is 11.3 Å². The van der Waals surface area contributed by atoms with Crippen molar-refractivity contribution in [1.29, 1.82) is 0 Å². The van der Waals surface area contributed by atoms with Gasteiger partial charge in [0.1, 0.15) is 11.6 Å². The molecule has 0 bridgehead atoms. The summed E-state index contributed by atoms with van der Waals surface area (Å²) in [7, 11) is 0. The summed E-state index contributed by atoms with van der Waals surface area (Å²) in [5.41, 5.74) is 1.98. The summed E-state index contributed by atoms with van der Waals surface area (Å²) in [4.78, 5) is 45.6. The number of amides is 3. The third kappa shape index (κ3) is 4.66. The van der Waals surface area contributed by atoms with Crippen LogP contribution in [0.1, 0.15) is 17.8 Å². The maximum Gasteiger partial charge on any atom is 0.242 e. The predicted octanol–water partition coefficient (Wildman–Crippen LogP) is 2.26. The van der Waals surface area contributed by atoms with Crippen molar-refractivity contribution in [3.8, 4) is 11.3 Å². The van der Waals surface area contributed by atoms with Crippen LogP contribution in [0.2, 0.25) is 5.02 Å². The number of piperazine rings is 1. The lowest BCUT2D eigenvalue weighted by Crippen LogP contribution is -2.51. The number of carbonyl (C=O) groups excluding carboxylic acids is 3. The molecule has 3 amide bonds. The molecule has 2 aromatic rings. The van der Waals surface area contributed by atoms with E-state index in [9.17, 15) is 14.4 Å². The highest BCUT2D eigenvalue weighted by molar-refractivity contribution is 7.09. The van der Waals surface area contributed by atoms with Gasteiger partial charge in [0.25, 0.3) is 0 Å². The van der Waals surface area contributed by atoms with Crippen LogP contribution in [0, 0.1) is 0 Å². The first-order valence-electron chi connectivity index (χ1n) is 9.53. The summed E-state index contributed by atoms with van der Waals surface area (Å²) >= 11 is 7.56. The average molecular weight is 433 g/mol. The van der Waals surface area contributed by atoms with Gasteiger partial charge in [-0.05, 0) is 12.1 Å². The van der Waals surface area contributed by atoms with Crippen LogP contribution in [-0.4, -0.2) is 70.1 Å². The smallest absolute Gasteiger partial charge is 0.242 e. The molecular weight excluding hydrogens is 412 g/mol. The van der Waals surface area contributed by atoms with Crippen molar-refractivity contribution in [3.63, 3.8) is 0 Å². The number of hydrogen-bond acceptors (Lipinski definition) is 6. The van der Waals surface area contributed by atoms with E-state index >= 15 is 0 Å². The van der Waals surface area contributed by atoms with Gasteiger partial charge in [-0.2, -0.15) is 0 Å². The molecule has 9 heteroatoms. The summed E-state index contributed by atoms with van der Waals surface area (Å²) in [6.07, 6.45) is 0.428. The maximum absolute atomic E-state index is 12.4. The Morgan fingerprint density at radius 3 is 2.34 bits per heavy atom. The highest BCUT2D eigenvalue weighted by Crippen LogP contribution is 2.24. The van der Waals surface area contributed by atoms with Crippen molar-refractivity contribution >= 4 is 40.7 Å². The van der Waals surface area contributed by atoms with Crippen LogP contribution in [0.4, 0.5) is 0 Å². The lowest BCUT2D eigenvalue weighted by Gasteiger charge is -2.34. The number of hydrogen-bond donors (Lipinski definition) is 0. The zero-order valence-electron chi connectivity index (χ0n) is 15.8. The van der Waals surface area contributed by atoms with E-state index in [2.05, 4.69) is 4.90 Å². The van der Waals surface area contributed by atoms with E-state index in [0.29, 0.717) is 18.1 Å². The summed E-state index contributed by atoms with van der Waals surface area (Å²) in [6, 6.07) is 7.63. The Balaban J connectivity index is 1.28. The standard InChI is InChI=1S/C20H21ClN4O3S/c21-15-3-1-14(2-4-15)16-13-29-17(22-16)11-23-7-9-24(10-8-23)20(28)12-25-18(26)5-6-19(25)27/h1-4,13H,5-12H2. The summed E-state index contributed by atoms with van der Waals surface area (Å²) in [5.74, 6) is -0.656. The summed E-state index contributed by atoms with van der Waals surface area (Å²) < 4.78 is 0. The van der Waals surface area contributed by atoms with Crippen molar-refractivity contribution in [3.05, 3.63) is 39.7 Å². The highest BCUT2D eigenvalue weighted by atomic mass is 35.5. The lowest BCUT2D eigenvalue weighted by molar-refractivity contribution is -0.146. The second-order valence-corrected chi connectivity index (χ2v) is 8.54. The first-order chi connectivity index (χ1) is 14.0. The molecule has 0 saturated carbocycles. The minimum Gasteiger partial charge on any atom is -0.339 e. The number of likely N-dealkylation sites (tertiary alicyclic amines) is 1. The molecule has 0 radical (unpaired) electrons. The first-order valence-corrected chi connectivity index (χ1v) is 10.8. The fourth-order valence-corrected chi connectivity index (χ4v) is 4.49. The lowest BCUT2D eigenvalue weighted by atomic mass is 10.2. The Kier molecular flexibility index (Phi) is 5.94. The van der Waals surface area contributed by atoms with Gasteiger partial charge in [-0.25, -0.2) is 4.98 Å². The molecular formula is C20H21ClN4O3S. The number of nitrogens with zero attached hydrogens (tertiary/aromatic N) is 4. The number of halogens is 1. The van der Waals surface area contributed by atoms with Crippen molar-refractivity contribution in [2.24, 2.45) is 0 Å². The Morgan fingerprint density at radius 2 is 1.69 bits per heavy atom. The third-order valence-corrected chi connectivity index (χ3v) is 6.31. The molecule has 3 heterocycles. The Morgan fingerprint density at radius 1 is 1.03 bits per heavy atom. The molecule has 2 aliphatic heterocycles. The SMILES string of the molecule is O=C(CN1C(=O)CCC1=O)N1CCN(Cc2nc(-c3ccc(Cl)cc3)cs2)CC1. The van der Waals surface area contributed by atoms with Gasteiger partial charge in [0.05, 0.1) is 12.2 Å². The molecule has 0 N–H and O–H groups in total. The van der Waals surface area contributed by atoms with Crippen LogP contribution in [0.15, 0.2) is 29.6 Å². The Labute approximate surface area is 177 Å². The molecule has 0 spiro atoms. The van der Waals surface area contributed by atoms with Crippen LogP contribution >= 0.6 is 22.9 Å². The second-order valence-electron chi connectivity index (χ2n) is 7.16. The van der Waals surface area contributed by atoms with E-state index in [1.54, 1.807) is 16.2 Å². The van der Waals surface area contributed by atoms with Gasteiger partial charge in [0.2, 0.25) is 17.7 Å². The third-order valence-electron chi connectivity index (χ3n) is 5.22. The van der Waals surface area contributed by atoms with Gasteiger partial charge in [-0.3, -0.25) is 24.2 Å². The van der Waals surface area contributed by atoms with E-state index in [1.165, 1.54) is 0 Å². The van der Waals surface area contributed by atoms with Crippen LogP contribution in [0.3, 0.4) is 0 Å². The van der Waals surface area contributed by atoms with Gasteiger partial charge < -0.3 is 4.90 Å². The van der Waals surface area contributed by atoms with Crippen molar-refractivity contribution in [2.45, 2.75) is 19.4 Å². The van der Waals surface area contributed by atoms with E-state index in [1.807, 2.05) is 29.6 Å². The van der Waals surface area contributed by atoms with Gasteiger partial charge in [-0.1, -0.05) is 23.7 Å². The molecule has 7 nitrogen and oxygen atoms in total. The minimum atomic E-state index is -0.248. The van der Waals surface area contributed by atoms with Crippen molar-refractivity contribution in [2.75, 3.05) is 32.7 Å². The number of aromatic nitrogens is 1. The normalized spacial score (nSPS) is 18.0. The number of rotatable bonds is 5. The number of imide groups is 1. The fourth-order valence-electron chi connectivity index (χ4n) is 3.52. The fraction of sp³-hybridized carbons (Fsp3) is 0.400. The second kappa shape index (κ2) is 8.61. The molecule has 4 rings (SSSR count). The molecule has 2 aliphatic rings. The van der Waals surface area contributed by atoms with Crippen LogP contribution < -0.4 is 0 Å². The topological polar surface area (TPSA) is 73.8 Å². The first kappa shape index (κ1) is 20.0. The summed E-state index contributed by atoms with van der Waals surface area (Å²) in [5, 5.41) is 3.78. The Bertz CT molecular complexity index is 906. The van der Waals surface area contributed by atoms with E-state index in [-0.39, 0.29) is 37.1 Å². The number of benzene rings is 1. The minimum absolute atomic E-state index is 0.130. The van der Waals surface area contributed by atoms with E-state index in [0.717, 1.165) is 40.8 Å².